The highest BCUT2D eigenvalue weighted by Crippen LogP contribution is 2.31. The SMILES string of the molecule is C[C@H](N)C(=O)O[C@@H](C)[C@H](Oc1ccccc1)C1CCCCC1. The van der Waals surface area contributed by atoms with Crippen molar-refractivity contribution in [1.29, 1.82) is 0 Å². The third kappa shape index (κ3) is 4.73. The van der Waals surface area contributed by atoms with Crippen molar-refractivity contribution in [1.82, 2.24) is 0 Å². The molecule has 0 amide bonds. The Bertz CT molecular complexity index is 455. The molecule has 4 heteroatoms. The summed E-state index contributed by atoms with van der Waals surface area (Å²) in [5.74, 6) is 0.872. The van der Waals surface area contributed by atoms with Crippen molar-refractivity contribution < 1.29 is 14.3 Å². The van der Waals surface area contributed by atoms with Gasteiger partial charge >= 0.3 is 5.97 Å². The zero-order valence-corrected chi connectivity index (χ0v) is 13.5. The maximum atomic E-state index is 11.8. The van der Waals surface area contributed by atoms with Crippen molar-refractivity contribution in [2.24, 2.45) is 11.7 Å². The molecule has 0 unspecified atom stereocenters. The van der Waals surface area contributed by atoms with E-state index in [0.717, 1.165) is 18.6 Å². The lowest BCUT2D eigenvalue weighted by molar-refractivity contribution is -0.156. The van der Waals surface area contributed by atoms with Crippen molar-refractivity contribution in [3.63, 3.8) is 0 Å². The van der Waals surface area contributed by atoms with Gasteiger partial charge in [0.05, 0.1) is 0 Å². The fraction of sp³-hybridized carbons (Fsp3) is 0.611. The average Bonchev–Trinajstić information content (AvgIpc) is 2.54. The molecule has 0 radical (unpaired) electrons. The summed E-state index contributed by atoms with van der Waals surface area (Å²) in [4.78, 5) is 11.8. The maximum absolute atomic E-state index is 11.8. The van der Waals surface area contributed by atoms with Crippen LogP contribution >= 0.6 is 0 Å². The van der Waals surface area contributed by atoms with Gasteiger partial charge in [-0.25, -0.2) is 0 Å². The molecule has 0 spiro atoms. The minimum absolute atomic E-state index is 0.120. The fourth-order valence-electron chi connectivity index (χ4n) is 3.05. The summed E-state index contributed by atoms with van der Waals surface area (Å²) in [5, 5.41) is 0. The molecule has 1 aromatic carbocycles. The van der Waals surface area contributed by atoms with E-state index in [1.54, 1.807) is 6.92 Å². The monoisotopic (exact) mass is 305 g/mol. The molecule has 2 rings (SSSR count). The Hall–Kier alpha value is -1.55. The van der Waals surface area contributed by atoms with E-state index < -0.39 is 6.04 Å². The van der Waals surface area contributed by atoms with Crippen molar-refractivity contribution in [2.75, 3.05) is 0 Å². The smallest absolute Gasteiger partial charge is 0.323 e. The van der Waals surface area contributed by atoms with E-state index in [4.69, 9.17) is 15.2 Å². The number of ether oxygens (including phenoxy) is 2. The third-order valence-corrected chi connectivity index (χ3v) is 4.27. The molecule has 1 fully saturated rings. The lowest BCUT2D eigenvalue weighted by Crippen LogP contribution is -2.43. The van der Waals surface area contributed by atoms with Crippen LogP contribution in [0.1, 0.15) is 46.0 Å². The van der Waals surface area contributed by atoms with Crippen LogP contribution in [0.25, 0.3) is 0 Å². The number of esters is 1. The Labute approximate surface area is 133 Å². The van der Waals surface area contributed by atoms with Crippen molar-refractivity contribution in [3.05, 3.63) is 30.3 Å². The Morgan fingerprint density at radius 3 is 2.36 bits per heavy atom. The molecule has 0 heterocycles. The van der Waals surface area contributed by atoms with Gasteiger partial charge in [-0.3, -0.25) is 4.79 Å². The molecule has 0 aromatic heterocycles. The van der Waals surface area contributed by atoms with E-state index in [-0.39, 0.29) is 18.2 Å². The van der Waals surface area contributed by atoms with Gasteiger partial charge in [0.1, 0.15) is 24.0 Å². The molecule has 0 saturated heterocycles. The molecular formula is C18H27NO3. The van der Waals surface area contributed by atoms with Gasteiger partial charge in [0.15, 0.2) is 0 Å². The molecule has 3 atom stereocenters. The van der Waals surface area contributed by atoms with Crippen molar-refractivity contribution >= 4 is 5.97 Å². The molecule has 22 heavy (non-hydrogen) atoms. The second-order valence-electron chi connectivity index (χ2n) is 6.22. The molecule has 2 N–H and O–H groups in total. The van der Waals surface area contributed by atoms with E-state index in [9.17, 15) is 4.79 Å². The van der Waals surface area contributed by atoms with Crippen molar-refractivity contribution in [2.45, 2.75) is 64.2 Å². The Morgan fingerprint density at radius 1 is 1.14 bits per heavy atom. The molecule has 4 nitrogen and oxygen atoms in total. The molecule has 1 aliphatic rings. The molecule has 1 aromatic rings. The van der Waals surface area contributed by atoms with E-state index in [2.05, 4.69) is 0 Å². The predicted molar refractivity (Wildman–Crippen MR) is 86.6 cm³/mol. The molecule has 122 valence electrons. The Kier molecular flexibility index (Phi) is 6.25. The summed E-state index contributed by atoms with van der Waals surface area (Å²) in [6.45, 7) is 3.55. The first kappa shape index (κ1) is 16.8. The van der Waals surface area contributed by atoms with Gasteiger partial charge in [-0.1, -0.05) is 37.5 Å². The number of nitrogens with two attached hydrogens (primary N) is 1. The van der Waals surface area contributed by atoms with Gasteiger partial charge in [-0.15, -0.1) is 0 Å². The number of hydrogen-bond donors (Lipinski definition) is 1. The zero-order valence-electron chi connectivity index (χ0n) is 13.5. The first-order valence-electron chi connectivity index (χ1n) is 8.25. The minimum Gasteiger partial charge on any atom is -0.486 e. The van der Waals surface area contributed by atoms with Crippen LogP contribution in [0, 0.1) is 5.92 Å². The van der Waals surface area contributed by atoms with Crippen molar-refractivity contribution in [3.8, 4) is 5.75 Å². The Balaban J connectivity index is 2.08. The van der Waals surface area contributed by atoms with Gasteiger partial charge in [0.2, 0.25) is 0 Å². The number of rotatable bonds is 6. The fourth-order valence-corrected chi connectivity index (χ4v) is 3.05. The summed E-state index contributed by atoms with van der Waals surface area (Å²) in [6.07, 6.45) is 5.53. The third-order valence-electron chi connectivity index (χ3n) is 4.27. The van der Waals surface area contributed by atoms with Gasteiger partial charge < -0.3 is 15.2 Å². The molecule has 1 saturated carbocycles. The summed E-state index contributed by atoms with van der Waals surface area (Å²) in [5.41, 5.74) is 5.60. The van der Waals surface area contributed by atoms with Crippen LogP contribution in [0.3, 0.4) is 0 Å². The summed E-state index contributed by atoms with van der Waals surface area (Å²) >= 11 is 0. The lowest BCUT2D eigenvalue weighted by atomic mass is 9.83. The van der Waals surface area contributed by atoms with Gasteiger partial charge in [0.25, 0.3) is 0 Å². The zero-order chi connectivity index (χ0) is 15.9. The number of para-hydroxylation sites is 1. The quantitative estimate of drug-likeness (QED) is 0.819. The normalized spacial score (nSPS) is 20.0. The van der Waals surface area contributed by atoms with Crippen LogP contribution < -0.4 is 10.5 Å². The Morgan fingerprint density at radius 2 is 1.77 bits per heavy atom. The van der Waals surface area contributed by atoms with Gasteiger partial charge in [-0.2, -0.15) is 0 Å². The highest BCUT2D eigenvalue weighted by atomic mass is 16.6. The van der Waals surface area contributed by atoms with E-state index >= 15 is 0 Å². The average molecular weight is 305 g/mol. The van der Waals surface area contributed by atoms with Gasteiger partial charge in [-0.05, 0) is 44.7 Å². The first-order valence-corrected chi connectivity index (χ1v) is 8.25. The topological polar surface area (TPSA) is 61.6 Å². The van der Waals surface area contributed by atoms with E-state index in [1.807, 2.05) is 37.3 Å². The second-order valence-corrected chi connectivity index (χ2v) is 6.22. The summed E-state index contributed by atoms with van der Waals surface area (Å²) < 4.78 is 11.7. The first-order chi connectivity index (χ1) is 10.6. The minimum atomic E-state index is -0.605. The maximum Gasteiger partial charge on any atom is 0.323 e. The van der Waals surface area contributed by atoms with Crippen LogP contribution in [0.4, 0.5) is 0 Å². The molecular weight excluding hydrogens is 278 g/mol. The number of carbonyl (C=O) groups excluding carboxylic acids is 1. The van der Waals surface area contributed by atoms with Crippen LogP contribution in [0.5, 0.6) is 5.75 Å². The van der Waals surface area contributed by atoms with E-state index in [1.165, 1.54) is 19.3 Å². The molecule has 0 bridgehead atoms. The van der Waals surface area contributed by atoms with Crippen LogP contribution in [-0.4, -0.2) is 24.2 Å². The highest BCUT2D eigenvalue weighted by Gasteiger charge is 2.32. The molecule has 0 aliphatic heterocycles. The van der Waals surface area contributed by atoms with Gasteiger partial charge in [0, 0.05) is 0 Å². The largest absolute Gasteiger partial charge is 0.486 e. The predicted octanol–water partition coefficient (Wildman–Crippen LogP) is 3.29. The number of benzene rings is 1. The standard InChI is InChI=1S/C18H27NO3/c1-13(19)18(20)21-14(2)17(15-9-5-3-6-10-15)22-16-11-7-4-8-12-16/h4,7-8,11-15,17H,3,5-6,9-10,19H2,1-2H3/t13-,14-,17-/m0/s1. The lowest BCUT2D eigenvalue weighted by Gasteiger charge is -2.34. The van der Waals surface area contributed by atoms with Crippen LogP contribution in [-0.2, 0) is 9.53 Å². The number of carbonyl (C=O) groups is 1. The second kappa shape index (κ2) is 8.18. The molecule has 1 aliphatic carbocycles. The van der Waals surface area contributed by atoms with Crippen LogP contribution in [0.15, 0.2) is 30.3 Å². The number of hydrogen-bond acceptors (Lipinski definition) is 4. The summed E-state index contributed by atoms with van der Waals surface area (Å²) in [6, 6.07) is 9.14. The summed E-state index contributed by atoms with van der Waals surface area (Å²) in [7, 11) is 0. The highest BCUT2D eigenvalue weighted by molar-refractivity contribution is 5.75. The van der Waals surface area contributed by atoms with E-state index in [0.29, 0.717) is 5.92 Å². The van der Waals surface area contributed by atoms with Crippen LogP contribution in [0.2, 0.25) is 0 Å².